The maximum absolute atomic E-state index is 12.8. The lowest BCUT2D eigenvalue weighted by molar-refractivity contribution is -0.122. The SMILES string of the molecule is Cn1ccnc1CN1CCN([C@H]2CCN(c3ccccc3)C2=O)CC1. The zero-order valence-electron chi connectivity index (χ0n) is 14.7. The zero-order valence-corrected chi connectivity index (χ0v) is 14.7. The van der Waals surface area contributed by atoms with E-state index in [9.17, 15) is 4.79 Å². The monoisotopic (exact) mass is 339 g/mol. The molecule has 1 aromatic heterocycles. The molecule has 0 aliphatic carbocycles. The molecular weight excluding hydrogens is 314 g/mol. The van der Waals surface area contributed by atoms with E-state index in [1.54, 1.807) is 0 Å². The molecule has 2 fully saturated rings. The number of rotatable bonds is 4. The average Bonchev–Trinajstić information content (AvgIpc) is 3.22. The van der Waals surface area contributed by atoms with Crippen LogP contribution in [0.5, 0.6) is 0 Å². The number of imidazole rings is 1. The lowest BCUT2D eigenvalue weighted by atomic mass is 10.2. The summed E-state index contributed by atoms with van der Waals surface area (Å²) < 4.78 is 2.07. The normalized spacial score (nSPS) is 22.7. The molecule has 1 aromatic carbocycles. The van der Waals surface area contributed by atoms with Gasteiger partial charge < -0.3 is 9.47 Å². The van der Waals surface area contributed by atoms with Crippen molar-refractivity contribution in [3.8, 4) is 0 Å². The minimum atomic E-state index is 0.0375. The number of nitrogens with zero attached hydrogens (tertiary/aromatic N) is 5. The molecule has 0 bridgehead atoms. The van der Waals surface area contributed by atoms with Crippen LogP contribution >= 0.6 is 0 Å². The van der Waals surface area contributed by atoms with Gasteiger partial charge in [0.1, 0.15) is 5.82 Å². The van der Waals surface area contributed by atoms with Crippen LogP contribution in [0.15, 0.2) is 42.7 Å². The van der Waals surface area contributed by atoms with Gasteiger partial charge in [0.2, 0.25) is 5.91 Å². The van der Waals surface area contributed by atoms with Crippen LogP contribution in [0.1, 0.15) is 12.2 Å². The largest absolute Gasteiger partial charge is 0.337 e. The zero-order chi connectivity index (χ0) is 17.2. The number of aryl methyl sites for hydroxylation is 1. The molecule has 2 aliphatic heterocycles. The summed E-state index contributed by atoms with van der Waals surface area (Å²) in [5.74, 6) is 1.35. The van der Waals surface area contributed by atoms with Crippen LogP contribution in [-0.4, -0.2) is 64.0 Å². The molecule has 2 aromatic rings. The molecule has 0 N–H and O–H groups in total. The molecule has 0 unspecified atom stereocenters. The summed E-state index contributed by atoms with van der Waals surface area (Å²) in [6.07, 6.45) is 4.76. The van der Waals surface area contributed by atoms with E-state index in [0.29, 0.717) is 0 Å². The van der Waals surface area contributed by atoms with Crippen LogP contribution in [0.25, 0.3) is 0 Å². The Labute approximate surface area is 148 Å². The molecule has 0 radical (unpaired) electrons. The summed E-state index contributed by atoms with van der Waals surface area (Å²) in [5.41, 5.74) is 1.02. The fourth-order valence-electron chi connectivity index (χ4n) is 3.85. The number of piperazine rings is 1. The first-order valence-corrected chi connectivity index (χ1v) is 9.01. The summed E-state index contributed by atoms with van der Waals surface area (Å²) in [6.45, 7) is 5.57. The van der Waals surface area contributed by atoms with Crippen LogP contribution in [-0.2, 0) is 18.4 Å². The number of amides is 1. The molecule has 132 valence electrons. The first-order valence-electron chi connectivity index (χ1n) is 9.01. The predicted octanol–water partition coefficient (Wildman–Crippen LogP) is 1.34. The molecule has 0 spiro atoms. The summed E-state index contributed by atoms with van der Waals surface area (Å²) in [4.78, 5) is 24.0. The van der Waals surface area contributed by atoms with Gasteiger partial charge in [-0.2, -0.15) is 0 Å². The fourth-order valence-corrected chi connectivity index (χ4v) is 3.85. The Hall–Kier alpha value is -2.18. The van der Waals surface area contributed by atoms with Crippen molar-refractivity contribution in [2.45, 2.75) is 19.0 Å². The highest BCUT2D eigenvalue weighted by Crippen LogP contribution is 2.25. The third-order valence-electron chi connectivity index (χ3n) is 5.38. The number of carbonyl (C=O) groups excluding carboxylic acids is 1. The van der Waals surface area contributed by atoms with Gasteiger partial charge in [0.25, 0.3) is 0 Å². The highest BCUT2D eigenvalue weighted by Gasteiger charge is 2.37. The standard InChI is InChI=1S/C19H25N5O/c1-21-10-8-20-18(21)15-22-11-13-23(14-12-22)17-7-9-24(19(17)25)16-5-3-2-4-6-16/h2-6,8,10,17H,7,9,11-15H2,1H3/t17-/m0/s1. The van der Waals surface area contributed by atoms with E-state index in [1.165, 1.54) is 0 Å². The second-order valence-electron chi connectivity index (χ2n) is 6.90. The fraction of sp³-hybridized carbons (Fsp3) is 0.474. The van der Waals surface area contributed by atoms with E-state index in [2.05, 4.69) is 19.4 Å². The Kier molecular flexibility index (Phi) is 4.55. The van der Waals surface area contributed by atoms with Crippen molar-refractivity contribution in [1.29, 1.82) is 0 Å². The summed E-state index contributed by atoms with van der Waals surface area (Å²) in [5, 5.41) is 0. The minimum Gasteiger partial charge on any atom is -0.337 e. The van der Waals surface area contributed by atoms with Gasteiger partial charge in [0.05, 0.1) is 12.6 Å². The van der Waals surface area contributed by atoms with Gasteiger partial charge in [0, 0.05) is 57.9 Å². The van der Waals surface area contributed by atoms with Gasteiger partial charge in [-0.1, -0.05) is 18.2 Å². The lowest BCUT2D eigenvalue weighted by Crippen LogP contribution is -2.52. The summed E-state index contributed by atoms with van der Waals surface area (Å²) >= 11 is 0. The number of aromatic nitrogens is 2. The highest BCUT2D eigenvalue weighted by molar-refractivity contribution is 5.99. The maximum Gasteiger partial charge on any atom is 0.244 e. The van der Waals surface area contributed by atoms with Crippen LogP contribution in [0, 0.1) is 0 Å². The first-order chi connectivity index (χ1) is 12.2. The van der Waals surface area contributed by atoms with E-state index < -0.39 is 0 Å². The van der Waals surface area contributed by atoms with E-state index in [-0.39, 0.29) is 11.9 Å². The van der Waals surface area contributed by atoms with E-state index in [0.717, 1.165) is 57.2 Å². The van der Waals surface area contributed by atoms with Crippen molar-refractivity contribution in [3.05, 3.63) is 48.5 Å². The maximum atomic E-state index is 12.8. The van der Waals surface area contributed by atoms with Crippen LogP contribution in [0.2, 0.25) is 0 Å². The smallest absolute Gasteiger partial charge is 0.244 e. The number of hydrogen-bond acceptors (Lipinski definition) is 4. The van der Waals surface area contributed by atoms with Crippen LogP contribution in [0.4, 0.5) is 5.69 Å². The molecule has 1 amide bonds. The van der Waals surface area contributed by atoms with Gasteiger partial charge in [0.15, 0.2) is 0 Å². The quantitative estimate of drug-likeness (QED) is 0.843. The molecule has 2 aliphatic rings. The molecule has 0 saturated carbocycles. The van der Waals surface area contributed by atoms with E-state index >= 15 is 0 Å². The third kappa shape index (κ3) is 3.32. The third-order valence-corrected chi connectivity index (χ3v) is 5.38. The Morgan fingerprint density at radius 3 is 2.52 bits per heavy atom. The topological polar surface area (TPSA) is 44.6 Å². The lowest BCUT2D eigenvalue weighted by Gasteiger charge is -2.37. The molecule has 25 heavy (non-hydrogen) atoms. The van der Waals surface area contributed by atoms with Gasteiger partial charge in [-0.05, 0) is 18.6 Å². The molecule has 3 heterocycles. The van der Waals surface area contributed by atoms with E-state index in [4.69, 9.17) is 0 Å². The molecular formula is C19H25N5O. The Bertz CT molecular complexity index is 720. The average molecular weight is 339 g/mol. The highest BCUT2D eigenvalue weighted by atomic mass is 16.2. The molecule has 6 heteroatoms. The molecule has 6 nitrogen and oxygen atoms in total. The van der Waals surface area contributed by atoms with Gasteiger partial charge >= 0.3 is 0 Å². The van der Waals surface area contributed by atoms with Crippen molar-refractivity contribution in [3.63, 3.8) is 0 Å². The van der Waals surface area contributed by atoms with Crippen LogP contribution < -0.4 is 4.90 Å². The van der Waals surface area contributed by atoms with Crippen LogP contribution in [0.3, 0.4) is 0 Å². The second-order valence-corrected chi connectivity index (χ2v) is 6.90. The van der Waals surface area contributed by atoms with Gasteiger partial charge in [-0.15, -0.1) is 0 Å². The first kappa shape index (κ1) is 16.3. The summed E-state index contributed by atoms with van der Waals surface area (Å²) in [7, 11) is 2.04. The number of para-hydroxylation sites is 1. The number of benzene rings is 1. The Morgan fingerprint density at radius 1 is 1.08 bits per heavy atom. The predicted molar refractivity (Wildman–Crippen MR) is 97.3 cm³/mol. The second kappa shape index (κ2) is 6.98. The number of carbonyl (C=O) groups is 1. The minimum absolute atomic E-state index is 0.0375. The van der Waals surface area contributed by atoms with Gasteiger partial charge in [-0.3, -0.25) is 14.6 Å². The number of hydrogen-bond donors (Lipinski definition) is 0. The Balaban J connectivity index is 1.34. The molecule has 4 rings (SSSR count). The van der Waals surface area contributed by atoms with Crippen molar-refractivity contribution >= 4 is 11.6 Å². The summed E-state index contributed by atoms with van der Waals surface area (Å²) in [6, 6.07) is 10.0. The van der Waals surface area contributed by atoms with Gasteiger partial charge in [-0.25, -0.2) is 4.98 Å². The van der Waals surface area contributed by atoms with Crippen molar-refractivity contribution < 1.29 is 4.79 Å². The molecule has 2 saturated heterocycles. The van der Waals surface area contributed by atoms with Crippen molar-refractivity contribution in [2.75, 3.05) is 37.6 Å². The molecule has 1 atom stereocenters. The number of anilines is 1. The Morgan fingerprint density at radius 2 is 1.84 bits per heavy atom. The van der Waals surface area contributed by atoms with E-state index in [1.807, 2.05) is 54.7 Å². The van der Waals surface area contributed by atoms with Crippen molar-refractivity contribution in [2.24, 2.45) is 7.05 Å². The van der Waals surface area contributed by atoms with Crippen molar-refractivity contribution in [1.82, 2.24) is 19.4 Å².